The molecule has 0 aliphatic carbocycles. The van der Waals surface area contributed by atoms with E-state index in [4.69, 9.17) is 4.74 Å². The maximum atomic E-state index is 9.88. The Morgan fingerprint density at radius 3 is 1.73 bits per heavy atom. The van der Waals surface area contributed by atoms with Crippen LogP contribution in [0.3, 0.4) is 0 Å². The fourth-order valence-corrected chi connectivity index (χ4v) is 4.53. The largest absolute Gasteiger partial charge is 0.508 e. The number of hydrogen-bond donors (Lipinski definition) is 2. The molecule has 3 aromatic carbocycles. The van der Waals surface area contributed by atoms with Crippen LogP contribution in [0.15, 0.2) is 72.8 Å². The smallest absolute Gasteiger partial charge is 0.119 e. The van der Waals surface area contributed by atoms with E-state index in [0.717, 1.165) is 60.4 Å². The SMILES string of the molecule is CCCCCCN(C)CCOc1ccc(C(CCCC)=C(c2ccc(O)cc2)c2ccc(O)cc2)cc1. The number of likely N-dealkylation sites (N-methyl/N-ethyl adjacent to an activating group) is 1. The molecule has 0 saturated carbocycles. The van der Waals surface area contributed by atoms with Crippen LogP contribution in [-0.4, -0.2) is 41.9 Å². The molecule has 0 aromatic heterocycles. The Balaban J connectivity index is 1.82. The van der Waals surface area contributed by atoms with Gasteiger partial charge in [0, 0.05) is 6.54 Å². The molecule has 0 atom stereocenters. The summed E-state index contributed by atoms with van der Waals surface area (Å²) in [6, 6.07) is 23.2. The molecule has 4 nitrogen and oxygen atoms in total. The van der Waals surface area contributed by atoms with Crippen molar-refractivity contribution < 1.29 is 14.9 Å². The van der Waals surface area contributed by atoms with E-state index in [1.54, 1.807) is 24.3 Å². The van der Waals surface area contributed by atoms with Gasteiger partial charge >= 0.3 is 0 Å². The molecule has 0 aliphatic heterocycles. The molecule has 0 bridgehead atoms. The second-order valence-corrected chi connectivity index (χ2v) is 9.79. The summed E-state index contributed by atoms with van der Waals surface area (Å²) in [4.78, 5) is 2.34. The van der Waals surface area contributed by atoms with E-state index in [2.05, 4.69) is 50.1 Å². The molecule has 2 N–H and O–H groups in total. The quantitative estimate of drug-likeness (QED) is 0.163. The number of rotatable bonds is 15. The van der Waals surface area contributed by atoms with Gasteiger partial charge in [-0.05, 0) is 97.1 Å². The highest BCUT2D eigenvalue weighted by atomic mass is 16.5. The van der Waals surface area contributed by atoms with Crippen LogP contribution < -0.4 is 4.74 Å². The Hall–Kier alpha value is -3.24. The van der Waals surface area contributed by atoms with Gasteiger partial charge in [-0.2, -0.15) is 0 Å². The van der Waals surface area contributed by atoms with Crippen LogP contribution in [0.2, 0.25) is 0 Å². The highest BCUT2D eigenvalue weighted by Crippen LogP contribution is 2.37. The fraction of sp³-hybridized carbons (Fsp3) is 0.394. The minimum absolute atomic E-state index is 0.247. The Morgan fingerprint density at radius 2 is 1.19 bits per heavy atom. The summed E-state index contributed by atoms with van der Waals surface area (Å²) in [5.74, 6) is 1.38. The van der Waals surface area contributed by atoms with Crippen molar-refractivity contribution >= 4 is 11.1 Å². The van der Waals surface area contributed by atoms with Crippen LogP contribution in [0, 0.1) is 0 Å². The third-order valence-electron chi connectivity index (χ3n) is 6.73. The molecule has 3 rings (SSSR count). The average molecular weight is 502 g/mol. The van der Waals surface area contributed by atoms with Gasteiger partial charge in [0.1, 0.15) is 23.9 Å². The second-order valence-electron chi connectivity index (χ2n) is 9.79. The van der Waals surface area contributed by atoms with Gasteiger partial charge in [0.25, 0.3) is 0 Å². The number of hydrogen-bond acceptors (Lipinski definition) is 4. The molecule has 0 unspecified atom stereocenters. The number of unbranched alkanes of at least 4 members (excludes halogenated alkanes) is 4. The van der Waals surface area contributed by atoms with Gasteiger partial charge < -0.3 is 19.8 Å². The van der Waals surface area contributed by atoms with Crippen LogP contribution in [0.4, 0.5) is 0 Å². The van der Waals surface area contributed by atoms with Gasteiger partial charge in [0.15, 0.2) is 0 Å². The number of phenolic OH excluding ortho intramolecular Hbond substituents is 2. The van der Waals surface area contributed by atoms with Crippen molar-refractivity contribution in [1.29, 1.82) is 0 Å². The lowest BCUT2D eigenvalue weighted by Gasteiger charge is -2.19. The van der Waals surface area contributed by atoms with E-state index in [-0.39, 0.29) is 11.5 Å². The lowest BCUT2D eigenvalue weighted by atomic mass is 9.87. The summed E-state index contributed by atoms with van der Waals surface area (Å²) < 4.78 is 6.06. The minimum Gasteiger partial charge on any atom is -0.508 e. The molecule has 4 heteroatoms. The number of allylic oxidation sites excluding steroid dienone is 1. The highest BCUT2D eigenvalue weighted by molar-refractivity contribution is 5.98. The lowest BCUT2D eigenvalue weighted by molar-refractivity contribution is 0.234. The predicted molar refractivity (Wildman–Crippen MR) is 155 cm³/mol. The van der Waals surface area contributed by atoms with Crippen LogP contribution in [-0.2, 0) is 0 Å². The number of ether oxygens (including phenoxy) is 1. The van der Waals surface area contributed by atoms with Crippen molar-refractivity contribution in [3.05, 3.63) is 89.5 Å². The van der Waals surface area contributed by atoms with Gasteiger partial charge in [0.05, 0.1) is 0 Å². The van der Waals surface area contributed by atoms with Crippen molar-refractivity contribution in [3.63, 3.8) is 0 Å². The first-order valence-electron chi connectivity index (χ1n) is 13.8. The van der Waals surface area contributed by atoms with Crippen molar-refractivity contribution in [2.75, 3.05) is 26.7 Å². The Labute approximate surface area is 223 Å². The molecule has 0 saturated heterocycles. The zero-order chi connectivity index (χ0) is 26.5. The van der Waals surface area contributed by atoms with Gasteiger partial charge in [-0.25, -0.2) is 0 Å². The molecule has 37 heavy (non-hydrogen) atoms. The molecule has 0 aliphatic rings. The molecule has 3 aromatic rings. The summed E-state index contributed by atoms with van der Waals surface area (Å²) in [6.45, 7) is 7.16. The first-order chi connectivity index (χ1) is 18.0. The lowest BCUT2D eigenvalue weighted by Crippen LogP contribution is -2.25. The summed E-state index contributed by atoms with van der Waals surface area (Å²) in [7, 11) is 2.16. The summed E-state index contributed by atoms with van der Waals surface area (Å²) >= 11 is 0. The van der Waals surface area contributed by atoms with Gasteiger partial charge in [-0.1, -0.05) is 75.9 Å². The molecular weight excluding hydrogens is 458 g/mol. The number of benzene rings is 3. The Bertz CT molecular complexity index is 1040. The average Bonchev–Trinajstić information content (AvgIpc) is 2.91. The van der Waals surface area contributed by atoms with Crippen LogP contribution in [0.5, 0.6) is 17.2 Å². The molecule has 0 heterocycles. The molecule has 0 radical (unpaired) electrons. The van der Waals surface area contributed by atoms with Gasteiger partial charge in [0.2, 0.25) is 0 Å². The van der Waals surface area contributed by atoms with Gasteiger partial charge in [-0.15, -0.1) is 0 Å². The molecule has 0 amide bonds. The topological polar surface area (TPSA) is 52.9 Å². The molecule has 198 valence electrons. The Kier molecular flexibility index (Phi) is 11.6. The van der Waals surface area contributed by atoms with E-state index >= 15 is 0 Å². The number of phenols is 2. The first-order valence-corrected chi connectivity index (χ1v) is 13.8. The van der Waals surface area contributed by atoms with E-state index in [9.17, 15) is 10.2 Å². The van der Waals surface area contributed by atoms with Crippen molar-refractivity contribution in [2.24, 2.45) is 0 Å². The standard InChI is InChI=1S/C33H43NO3/c1-4-6-8-9-23-34(3)24-25-37-31-21-15-26(16-22-31)32(10-7-5-2)33(27-11-17-29(35)18-12-27)28-13-19-30(36)20-14-28/h11-22,35-36H,4-10,23-25H2,1-3H3. The Morgan fingerprint density at radius 1 is 0.649 bits per heavy atom. The maximum Gasteiger partial charge on any atom is 0.119 e. The fourth-order valence-electron chi connectivity index (χ4n) is 4.53. The number of aromatic hydroxyl groups is 2. The van der Waals surface area contributed by atoms with Crippen molar-refractivity contribution in [2.45, 2.75) is 58.8 Å². The summed E-state index contributed by atoms with van der Waals surface area (Å²) in [6.07, 6.45) is 8.21. The van der Waals surface area contributed by atoms with E-state index in [1.807, 2.05) is 24.3 Å². The third kappa shape index (κ3) is 8.98. The van der Waals surface area contributed by atoms with E-state index in [0.29, 0.717) is 6.61 Å². The van der Waals surface area contributed by atoms with Crippen LogP contribution in [0.1, 0.15) is 75.5 Å². The number of nitrogens with zero attached hydrogens (tertiary/aromatic N) is 1. The monoisotopic (exact) mass is 501 g/mol. The van der Waals surface area contributed by atoms with Crippen LogP contribution >= 0.6 is 0 Å². The molecule has 0 fully saturated rings. The van der Waals surface area contributed by atoms with Crippen molar-refractivity contribution in [3.8, 4) is 17.2 Å². The van der Waals surface area contributed by atoms with E-state index < -0.39 is 0 Å². The molecular formula is C33H43NO3. The maximum absolute atomic E-state index is 9.88. The minimum atomic E-state index is 0.247. The third-order valence-corrected chi connectivity index (χ3v) is 6.73. The van der Waals surface area contributed by atoms with Crippen molar-refractivity contribution in [1.82, 2.24) is 4.90 Å². The normalized spacial score (nSPS) is 11.0. The summed E-state index contributed by atoms with van der Waals surface area (Å²) in [5, 5.41) is 19.8. The predicted octanol–water partition coefficient (Wildman–Crippen LogP) is 8.14. The molecule has 0 spiro atoms. The van der Waals surface area contributed by atoms with Crippen LogP contribution in [0.25, 0.3) is 11.1 Å². The van der Waals surface area contributed by atoms with Gasteiger partial charge in [-0.3, -0.25) is 0 Å². The second kappa shape index (κ2) is 15.1. The zero-order valence-electron chi connectivity index (χ0n) is 22.7. The first kappa shape index (κ1) is 28.3. The summed E-state index contributed by atoms with van der Waals surface area (Å²) in [5.41, 5.74) is 5.60. The zero-order valence-corrected chi connectivity index (χ0v) is 22.7. The highest BCUT2D eigenvalue weighted by Gasteiger charge is 2.15. The van der Waals surface area contributed by atoms with E-state index in [1.165, 1.54) is 31.3 Å².